The number of aliphatic hydroxyl groups excluding tert-OH is 1. The Bertz CT molecular complexity index is 509. The molecule has 1 saturated heterocycles. The standard InChI is InChI=1S/C16H22FNO3/c1-16(2,3)14-13(19)12(8-9-18(14)15(20)21)10-4-6-11(17)7-5-10/h4-7,12-14,19H,8-9H2,1-3H3,(H,20,21). The van der Waals surface area contributed by atoms with Gasteiger partial charge in [0, 0.05) is 12.5 Å². The monoisotopic (exact) mass is 295 g/mol. The molecular weight excluding hydrogens is 273 g/mol. The van der Waals surface area contributed by atoms with Crippen molar-refractivity contribution in [2.45, 2.75) is 45.3 Å². The Morgan fingerprint density at radius 1 is 1.29 bits per heavy atom. The quantitative estimate of drug-likeness (QED) is 0.837. The summed E-state index contributed by atoms with van der Waals surface area (Å²) in [7, 11) is 0. The van der Waals surface area contributed by atoms with Crippen molar-refractivity contribution in [2.75, 3.05) is 6.54 Å². The fourth-order valence-corrected chi connectivity index (χ4v) is 3.26. The number of amides is 1. The average Bonchev–Trinajstić information content (AvgIpc) is 2.38. The summed E-state index contributed by atoms with van der Waals surface area (Å²) in [6.07, 6.45) is -1.28. The van der Waals surface area contributed by atoms with Crippen molar-refractivity contribution < 1.29 is 19.4 Å². The van der Waals surface area contributed by atoms with Crippen LogP contribution in [0.1, 0.15) is 38.7 Å². The number of rotatable bonds is 1. The summed E-state index contributed by atoms with van der Waals surface area (Å²) in [5.74, 6) is -0.492. The molecule has 2 rings (SSSR count). The Balaban J connectivity index is 2.32. The molecule has 1 aliphatic rings. The molecule has 0 aliphatic carbocycles. The van der Waals surface area contributed by atoms with Gasteiger partial charge in [0.05, 0.1) is 12.1 Å². The lowest BCUT2D eigenvalue weighted by Gasteiger charge is -2.48. The van der Waals surface area contributed by atoms with Crippen molar-refractivity contribution in [2.24, 2.45) is 5.41 Å². The second-order valence-electron chi connectivity index (χ2n) is 6.72. The van der Waals surface area contributed by atoms with Crippen molar-refractivity contribution in [1.82, 2.24) is 4.90 Å². The van der Waals surface area contributed by atoms with Gasteiger partial charge in [0.25, 0.3) is 0 Å². The molecular formula is C16H22FNO3. The van der Waals surface area contributed by atoms with Crippen LogP contribution in [0.4, 0.5) is 9.18 Å². The molecule has 0 spiro atoms. The van der Waals surface area contributed by atoms with E-state index in [1.54, 1.807) is 12.1 Å². The van der Waals surface area contributed by atoms with Crippen LogP contribution in [0.3, 0.4) is 0 Å². The molecule has 3 atom stereocenters. The molecule has 0 aromatic heterocycles. The highest BCUT2D eigenvalue weighted by Gasteiger charge is 2.45. The predicted molar refractivity (Wildman–Crippen MR) is 77.7 cm³/mol. The van der Waals surface area contributed by atoms with E-state index in [4.69, 9.17) is 0 Å². The van der Waals surface area contributed by atoms with Crippen molar-refractivity contribution >= 4 is 6.09 Å². The Morgan fingerprint density at radius 3 is 2.33 bits per heavy atom. The highest BCUT2D eigenvalue weighted by Crippen LogP contribution is 2.39. The number of hydrogen-bond donors (Lipinski definition) is 2. The van der Waals surface area contributed by atoms with Crippen LogP contribution in [-0.2, 0) is 0 Å². The van der Waals surface area contributed by atoms with E-state index in [1.165, 1.54) is 17.0 Å². The van der Waals surface area contributed by atoms with Gasteiger partial charge in [0.15, 0.2) is 0 Å². The highest BCUT2D eigenvalue weighted by molar-refractivity contribution is 5.66. The van der Waals surface area contributed by atoms with Gasteiger partial charge in [-0.25, -0.2) is 9.18 Å². The first-order chi connectivity index (χ1) is 9.71. The Morgan fingerprint density at radius 2 is 1.86 bits per heavy atom. The molecule has 0 radical (unpaired) electrons. The minimum Gasteiger partial charge on any atom is -0.465 e. The van der Waals surface area contributed by atoms with Gasteiger partial charge < -0.3 is 15.1 Å². The van der Waals surface area contributed by atoms with Crippen LogP contribution in [0.5, 0.6) is 0 Å². The van der Waals surface area contributed by atoms with Crippen LogP contribution < -0.4 is 0 Å². The highest BCUT2D eigenvalue weighted by atomic mass is 19.1. The maximum absolute atomic E-state index is 13.0. The summed E-state index contributed by atoms with van der Waals surface area (Å²) in [4.78, 5) is 12.7. The summed E-state index contributed by atoms with van der Waals surface area (Å²) in [6.45, 7) is 6.13. The summed E-state index contributed by atoms with van der Waals surface area (Å²) in [5, 5.41) is 20.1. The van der Waals surface area contributed by atoms with E-state index < -0.39 is 18.2 Å². The molecule has 1 aliphatic heterocycles. The summed E-state index contributed by atoms with van der Waals surface area (Å²) in [5.41, 5.74) is 0.472. The molecule has 1 fully saturated rings. The lowest BCUT2D eigenvalue weighted by molar-refractivity contribution is -0.0430. The van der Waals surface area contributed by atoms with Gasteiger partial charge >= 0.3 is 6.09 Å². The van der Waals surface area contributed by atoms with Crippen molar-refractivity contribution in [1.29, 1.82) is 0 Å². The fraction of sp³-hybridized carbons (Fsp3) is 0.562. The molecule has 4 nitrogen and oxygen atoms in total. The summed E-state index contributed by atoms with van der Waals surface area (Å²) >= 11 is 0. The summed E-state index contributed by atoms with van der Waals surface area (Å²) in [6, 6.07) is 5.59. The van der Waals surface area contributed by atoms with Crippen molar-refractivity contribution in [3.63, 3.8) is 0 Å². The van der Waals surface area contributed by atoms with Crippen LogP contribution in [0.25, 0.3) is 0 Å². The number of piperidine rings is 1. The zero-order valence-electron chi connectivity index (χ0n) is 12.6. The van der Waals surface area contributed by atoms with Crippen LogP contribution in [0, 0.1) is 11.2 Å². The minimum atomic E-state index is -1.01. The van der Waals surface area contributed by atoms with Crippen LogP contribution >= 0.6 is 0 Å². The largest absolute Gasteiger partial charge is 0.465 e. The van der Waals surface area contributed by atoms with E-state index in [9.17, 15) is 19.4 Å². The third-order valence-corrected chi connectivity index (χ3v) is 4.18. The minimum absolute atomic E-state index is 0.176. The van der Waals surface area contributed by atoms with Crippen molar-refractivity contribution in [3.05, 3.63) is 35.6 Å². The second kappa shape index (κ2) is 5.64. The average molecular weight is 295 g/mol. The van der Waals surface area contributed by atoms with Crippen LogP contribution in [0.2, 0.25) is 0 Å². The number of carboxylic acid groups (broad SMARTS) is 1. The number of carbonyl (C=O) groups is 1. The fourth-order valence-electron chi connectivity index (χ4n) is 3.26. The molecule has 0 bridgehead atoms. The normalized spacial score (nSPS) is 26.7. The molecule has 116 valence electrons. The SMILES string of the molecule is CC(C)(C)C1C(O)C(c2ccc(F)cc2)CCN1C(=O)O. The molecule has 1 aromatic carbocycles. The lowest BCUT2D eigenvalue weighted by atomic mass is 9.73. The van der Waals surface area contributed by atoms with E-state index in [0.717, 1.165) is 5.56 Å². The number of hydrogen-bond acceptors (Lipinski definition) is 2. The smallest absolute Gasteiger partial charge is 0.407 e. The van der Waals surface area contributed by atoms with Crippen LogP contribution in [0.15, 0.2) is 24.3 Å². The first kappa shape index (κ1) is 15.8. The van der Waals surface area contributed by atoms with Gasteiger partial charge in [-0.15, -0.1) is 0 Å². The second-order valence-corrected chi connectivity index (χ2v) is 6.72. The number of likely N-dealkylation sites (tertiary alicyclic amines) is 1. The predicted octanol–water partition coefficient (Wildman–Crippen LogP) is 3.07. The van der Waals surface area contributed by atoms with Gasteiger partial charge in [-0.1, -0.05) is 32.9 Å². The van der Waals surface area contributed by atoms with E-state index in [0.29, 0.717) is 13.0 Å². The lowest BCUT2D eigenvalue weighted by Crippen LogP contribution is -2.58. The zero-order valence-corrected chi connectivity index (χ0v) is 12.6. The molecule has 1 heterocycles. The topological polar surface area (TPSA) is 60.8 Å². The summed E-state index contributed by atoms with van der Waals surface area (Å²) < 4.78 is 13.0. The maximum Gasteiger partial charge on any atom is 0.407 e. The molecule has 1 aromatic rings. The molecule has 3 unspecified atom stereocenters. The number of halogens is 1. The molecule has 0 saturated carbocycles. The van der Waals surface area contributed by atoms with Gasteiger partial charge in [-0.3, -0.25) is 0 Å². The van der Waals surface area contributed by atoms with E-state index in [-0.39, 0.29) is 17.2 Å². The first-order valence-corrected chi connectivity index (χ1v) is 7.15. The van der Waals surface area contributed by atoms with Gasteiger partial charge in [-0.05, 0) is 29.5 Å². The number of benzene rings is 1. The van der Waals surface area contributed by atoms with E-state index in [2.05, 4.69) is 0 Å². The van der Waals surface area contributed by atoms with E-state index >= 15 is 0 Å². The molecule has 2 N–H and O–H groups in total. The van der Waals surface area contributed by atoms with Gasteiger partial charge in [0.1, 0.15) is 5.82 Å². The number of aliphatic hydroxyl groups is 1. The molecule has 5 heteroatoms. The Hall–Kier alpha value is -1.62. The third-order valence-electron chi connectivity index (χ3n) is 4.18. The Labute approximate surface area is 124 Å². The first-order valence-electron chi connectivity index (χ1n) is 7.15. The van der Waals surface area contributed by atoms with Gasteiger partial charge in [-0.2, -0.15) is 0 Å². The van der Waals surface area contributed by atoms with E-state index in [1.807, 2.05) is 20.8 Å². The third kappa shape index (κ3) is 3.18. The maximum atomic E-state index is 13.0. The Kier molecular flexibility index (Phi) is 4.23. The van der Waals surface area contributed by atoms with Crippen LogP contribution in [-0.4, -0.2) is 39.9 Å². The van der Waals surface area contributed by atoms with Gasteiger partial charge in [0.2, 0.25) is 0 Å². The van der Waals surface area contributed by atoms with Crippen molar-refractivity contribution in [3.8, 4) is 0 Å². The zero-order chi connectivity index (χ0) is 15.8. The molecule has 21 heavy (non-hydrogen) atoms. The molecule has 1 amide bonds. The number of nitrogens with zero attached hydrogens (tertiary/aromatic N) is 1.